The van der Waals surface area contributed by atoms with Crippen LogP contribution in [0.3, 0.4) is 0 Å². The van der Waals surface area contributed by atoms with Gasteiger partial charge in [-0.1, -0.05) is 60.7 Å². The second-order valence-electron chi connectivity index (χ2n) is 8.92. The minimum atomic E-state index is -0.370. The Labute approximate surface area is 238 Å². The van der Waals surface area contributed by atoms with Crippen molar-refractivity contribution in [3.05, 3.63) is 125 Å². The maximum Gasteiger partial charge on any atom is 0.338 e. The first-order chi connectivity index (χ1) is 19.5. The zero-order valence-corrected chi connectivity index (χ0v) is 23.1. The van der Waals surface area contributed by atoms with Crippen LogP contribution in [0.25, 0.3) is 33.9 Å². The molecule has 0 saturated heterocycles. The van der Waals surface area contributed by atoms with Gasteiger partial charge in [-0.25, -0.2) is 9.59 Å². The Morgan fingerprint density at radius 2 is 0.925 bits per heavy atom. The van der Waals surface area contributed by atoms with Crippen molar-refractivity contribution in [2.24, 2.45) is 0 Å². The fourth-order valence-electron chi connectivity index (χ4n) is 4.63. The molecule has 0 amide bonds. The Morgan fingerprint density at radius 3 is 1.25 bits per heavy atom. The molecule has 0 unspecified atom stereocenters. The van der Waals surface area contributed by atoms with Crippen LogP contribution < -0.4 is 0 Å². The molecule has 40 heavy (non-hydrogen) atoms. The zero-order valence-electron chi connectivity index (χ0n) is 22.2. The molecule has 0 bridgehead atoms. The topological polar surface area (TPSA) is 62.5 Å². The number of imidazole rings is 1. The van der Waals surface area contributed by atoms with Gasteiger partial charge in [0.05, 0.1) is 35.7 Å². The number of carbonyl (C=O) groups is 2. The summed E-state index contributed by atoms with van der Waals surface area (Å²) in [7, 11) is 0. The summed E-state index contributed by atoms with van der Waals surface area (Å²) in [5.74, 6) is -0.740. The Morgan fingerprint density at radius 1 is 0.575 bits per heavy atom. The highest BCUT2D eigenvalue weighted by atomic mass is 32.1. The highest BCUT2D eigenvalue weighted by molar-refractivity contribution is 7.71. The van der Waals surface area contributed by atoms with E-state index in [0.717, 1.165) is 33.9 Å². The lowest BCUT2D eigenvalue weighted by Crippen LogP contribution is -2.06. The molecule has 1 heterocycles. The maximum absolute atomic E-state index is 12.3. The third-order valence-electron chi connectivity index (χ3n) is 6.42. The number of carbonyl (C=O) groups excluding carboxylic acids is 2. The number of hydrogen-bond acceptors (Lipinski definition) is 5. The van der Waals surface area contributed by atoms with E-state index in [2.05, 4.69) is 0 Å². The fraction of sp³-hybridized carbons (Fsp3) is 0.121. The minimum absolute atomic E-state index is 0.308. The standard InChI is InChI=1S/C33H28N2O4S/c1-3-38-31(36)25-15-19-27(20-16-25)34-29(23-11-7-5-8-12-23)30(24-13-9-6-10-14-24)35(33(34)40)28-21-17-26(18-22-28)32(37)39-4-2/h5-22H,3-4H2,1-2H3. The molecule has 0 N–H and O–H groups in total. The molecule has 5 rings (SSSR count). The third kappa shape index (κ3) is 5.24. The van der Waals surface area contributed by atoms with E-state index in [4.69, 9.17) is 21.7 Å². The average Bonchev–Trinajstić information content (AvgIpc) is 3.31. The van der Waals surface area contributed by atoms with Crippen LogP contribution >= 0.6 is 12.2 Å². The number of nitrogens with zero attached hydrogens (tertiary/aromatic N) is 2. The molecule has 200 valence electrons. The lowest BCUT2D eigenvalue weighted by molar-refractivity contribution is 0.0517. The lowest BCUT2D eigenvalue weighted by atomic mass is 10.0. The van der Waals surface area contributed by atoms with Gasteiger partial charge >= 0.3 is 11.9 Å². The van der Waals surface area contributed by atoms with Crippen LogP contribution in [0.1, 0.15) is 34.6 Å². The second kappa shape index (κ2) is 12.0. The van der Waals surface area contributed by atoms with Gasteiger partial charge in [-0.15, -0.1) is 0 Å². The van der Waals surface area contributed by atoms with Gasteiger partial charge < -0.3 is 9.47 Å². The number of hydrogen-bond donors (Lipinski definition) is 0. The molecule has 0 atom stereocenters. The van der Waals surface area contributed by atoms with Crippen LogP contribution in [0, 0.1) is 4.77 Å². The van der Waals surface area contributed by atoms with Crippen molar-refractivity contribution >= 4 is 24.2 Å². The van der Waals surface area contributed by atoms with Crippen LogP contribution in [0.15, 0.2) is 109 Å². The van der Waals surface area contributed by atoms with Crippen LogP contribution in [0.5, 0.6) is 0 Å². The number of esters is 2. The lowest BCUT2D eigenvalue weighted by Gasteiger charge is -2.13. The summed E-state index contributed by atoms with van der Waals surface area (Å²) in [4.78, 5) is 24.6. The molecule has 0 aliphatic heterocycles. The molecule has 6 nitrogen and oxygen atoms in total. The summed E-state index contributed by atoms with van der Waals surface area (Å²) in [6.07, 6.45) is 0. The van der Waals surface area contributed by atoms with Gasteiger partial charge in [-0.05, 0) is 74.6 Å². The van der Waals surface area contributed by atoms with Crippen molar-refractivity contribution in [3.63, 3.8) is 0 Å². The van der Waals surface area contributed by atoms with E-state index in [1.165, 1.54) is 0 Å². The van der Waals surface area contributed by atoms with Gasteiger partial charge in [0.15, 0.2) is 4.77 Å². The number of benzene rings is 4. The summed E-state index contributed by atoms with van der Waals surface area (Å²) < 4.78 is 14.9. The molecule has 5 aromatic rings. The molecule has 0 aliphatic rings. The van der Waals surface area contributed by atoms with Crippen molar-refractivity contribution in [3.8, 4) is 33.9 Å². The molecular formula is C33H28N2O4S. The zero-order chi connectivity index (χ0) is 28.1. The van der Waals surface area contributed by atoms with Crippen LogP contribution in [-0.4, -0.2) is 34.3 Å². The largest absolute Gasteiger partial charge is 0.462 e. The van der Waals surface area contributed by atoms with Gasteiger partial charge in [0.2, 0.25) is 0 Å². The predicted molar refractivity (Wildman–Crippen MR) is 159 cm³/mol. The summed E-state index contributed by atoms with van der Waals surface area (Å²) in [5, 5.41) is 0. The second-order valence-corrected chi connectivity index (χ2v) is 9.28. The molecular weight excluding hydrogens is 520 g/mol. The van der Waals surface area contributed by atoms with Crippen LogP contribution in [0.2, 0.25) is 0 Å². The summed E-state index contributed by atoms with van der Waals surface area (Å²) in [6.45, 7) is 4.18. The van der Waals surface area contributed by atoms with E-state index in [9.17, 15) is 9.59 Å². The van der Waals surface area contributed by atoms with Gasteiger partial charge in [0.1, 0.15) is 0 Å². The fourth-order valence-corrected chi connectivity index (χ4v) is 5.02. The SMILES string of the molecule is CCOC(=O)c1ccc(-n2c(-c3ccccc3)c(-c3ccccc3)n(-c3ccc(C(=O)OCC)cc3)c2=S)cc1. The minimum Gasteiger partial charge on any atom is -0.462 e. The molecule has 4 aromatic carbocycles. The molecule has 0 saturated carbocycles. The quantitative estimate of drug-likeness (QED) is 0.147. The first kappa shape index (κ1) is 26.8. The van der Waals surface area contributed by atoms with E-state index < -0.39 is 0 Å². The Hall–Kier alpha value is -4.75. The average molecular weight is 549 g/mol. The number of rotatable bonds is 8. The molecule has 1 aromatic heterocycles. The number of ether oxygens (including phenoxy) is 2. The van der Waals surface area contributed by atoms with E-state index in [0.29, 0.717) is 29.1 Å². The molecule has 7 heteroatoms. The van der Waals surface area contributed by atoms with Crippen molar-refractivity contribution in [1.29, 1.82) is 0 Å². The molecule has 0 fully saturated rings. The van der Waals surface area contributed by atoms with Gasteiger partial charge in [-0.3, -0.25) is 9.13 Å². The van der Waals surface area contributed by atoms with Gasteiger partial charge in [0, 0.05) is 22.5 Å². The van der Waals surface area contributed by atoms with Crippen molar-refractivity contribution < 1.29 is 19.1 Å². The smallest absolute Gasteiger partial charge is 0.338 e. The molecule has 0 spiro atoms. The van der Waals surface area contributed by atoms with Crippen molar-refractivity contribution in [2.45, 2.75) is 13.8 Å². The summed E-state index contributed by atoms with van der Waals surface area (Å²) >= 11 is 6.16. The van der Waals surface area contributed by atoms with Gasteiger partial charge in [0.25, 0.3) is 0 Å². The first-order valence-electron chi connectivity index (χ1n) is 13.1. The summed E-state index contributed by atoms with van der Waals surface area (Å²) in [6, 6.07) is 34.6. The van der Waals surface area contributed by atoms with Crippen molar-refractivity contribution in [2.75, 3.05) is 13.2 Å². The van der Waals surface area contributed by atoms with E-state index >= 15 is 0 Å². The van der Waals surface area contributed by atoms with E-state index in [1.54, 1.807) is 38.1 Å². The Kier molecular flexibility index (Phi) is 8.03. The van der Waals surface area contributed by atoms with E-state index in [1.807, 2.05) is 94.1 Å². The monoisotopic (exact) mass is 548 g/mol. The maximum atomic E-state index is 12.3. The summed E-state index contributed by atoms with van der Waals surface area (Å²) in [5.41, 5.74) is 6.29. The van der Waals surface area contributed by atoms with Crippen LogP contribution in [-0.2, 0) is 9.47 Å². The third-order valence-corrected chi connectivity index (χ3v) is 6.79. The van der Waals surface area contributed by atoms with Gasteiger partial charge in [-0.2, -0.15) is 0 Å². The van der Waals surface area contributed by atoms with Crippen LogP contribution in [0.4, 0.5) is 0 Å². The highest BCUT2D eigenvalue weighted by Crippen LogP contribution is 2.38. The Bertz CT molecular complexity index is 1560. The molecule has 0 radical (unpaired) electrons. The highest BCUT2D eigenvalue weighted by Gasteiger charge is 2.23. The Balaban J connectivity index is 1.78. The van der Waals surface area contributed by atoms with Crippen molar-refractivity contribution in [1.82, 2.24) is 9.13 Å². The molecule has 0 aliphatic carbocycles. The number of aromatic nitrogens is 2. The predicted octanol–water partition coefficient (Wildman–Crippen LogP) is 7.68. The normalized spacial score (nSPS) is 10.8. The first-order valence-corrected chi connectivity index (χ1v) is 13.5. The van der Waals surface area contributed by atoms with E-state index in [-0.39, 0.29) is 11.9 Å².